The van der Waals surface area contributed by atoms with Crippen molar-refractivity contribution >= 4 is 31.9 Å². The van der Waals surface area contributed by atoms with Crippen LogP contribution in [-0.4, -0.2) is 34.1 Å². The van der Waals surface area contributed by atoms with Crippen molar-refractivity contribution < 1.29 is 22.7 Å². The van der Waals surface area contributed by atoms with E-state index in [0.717, 1.165) is 16.5 Å². The minimum Gasteiger partial charge on any atom is -0.490 e. The van der Waals surface area contributed by atoms with Gasteiger partial charge in [0.15, 0.2) is 11.5 Å². The molecule has 156 valence electrons. The summed E-state index contributed by atoms with van der Waals surface area (Å²) >= 11 is 3.37. The Labute approximate surface area is 179 Å². The van der Waals surface area contributed by atoms with Gasteiger partial charge in [-0.3, -0.25) is 4.79 Å². The molecule has 2 aromatic rings. The van der Waals surface area contributed by atoms with Gasteiger partial charge in [-0.1, -0.05) is 28.1 Å². The van der Waals surface area contributed by atoms with Crippen LogP contribution < -0.4 is 19.5 Å². The average Bonchev–Trinajstić information content (AvgIpc) is 2.93. The third-order valence-electron chi connectivity index (χ3n) is 4.42. The predicted molar refractivity (Wildman–Crippen MR) is 113 cm³/mol. The molecule has 2 N–H and O–H groups in total. The Morgan fingerprint density at radius 3 is 2.52 bits per heavy atom. The van der Waals surface area contributed by atoms with E-state index in [4.69, 9.17) is 9.47 Å². The molecular formula is C20H23BrN2O5S. The van der Waals surface area contributed by atoms with Crippen LogP contribution in [0.4, 0.5) is 0 Å². The molecule has 0 saturated carbocycles. The standard InChI is InChI=1S/C20H23BrN2O5S/c1-14(15-3-5-16(21)6-4-15)23-20(24)9-10-22-29(25,26)17-7-8-18-19(13-17)28-12-2-11-27-18/h3-8,13-14,22H,2,9-12H2,1H3,(H,23,24). The molecule has 9 heteroatoms. The Kier molecular flexibility index (Phi) is 7.15. The monoisotopic (exact) mass is 482 g/mol. The third kappa shape index (κ3) is 5.94. The Morgan fingerprint density at radius 2 is 1.79 bits per heavy atom. The zero-order valence-electron chi connectivity index (χ0n) is 16.0. The summed E-state index contributed by atoms with van der Waals surface area (Å²) < 4.78 is 39.5. The van der Waals surface area contributed by atoms with Crippen molar-refractivity contribution in [3.63, 3.8) is 0 Å². The highest BCUT2D eigenvalue weighted by atomic mass is 79.9. The predicted octanol–water partition coefficient (Wildman–Crippen LogP) is 3.16. The Hall–Kier alpha value is -2.10. The van der Waals surface area contributed by atoms with Crippen molar-refractivity contribution in [2.45, 2.75) is 30.7 Å². The van der Waals surface area contributed by atoms with Gasteiger partial charge in [0.05, 0.1) is 24.2 Å². The number of carbonyl (C=O) groups excluding carboxylic acids is 1. The second kappa shape index (κ2) is 9.60. The van der Waals surface area contributed by atoms with Gasteiger partial charge in [0, 0.05) is 29.9 Å². The fraction of sp³-hybridized carbons (Fsp3) is 0.350. The van der Waals surface area contributed by atoms with E-state index in [1.54, 1.807) is 6.07 Å². The number of benzene rings is 2. The molecule has 0 aliphatic carbocycles. The van der Waals surface area contributed by atoms with E-state index in [-0.39, 0.29) is 29.8 Å². The first-order valence-corrected chi connectivity index (χ1v) is 11.6. The molecule has 0 saturated heterocycles. The molecule has 0 spiro atoms. The molecule has 1 unspecified atom stereocenters. The van der Waals surface area contributed by atoms with E-state index in [1.807, 2.05) is 31.2 Å². The van der Waals surface area contributed by atoms with Crippen LogP contribution in [0.15, 0.2) is 51.8 Å². The van der Waals surface area contributed by atoms with Crippen LogP contribution in [0, 0.1) is 0 Å². The molecule has 2 aromatic carbocycles. The van der Waals surface area contributed by atoms with E-state index in [1.165, 1.54) is 12.1 Å². The van der Waals surface area contributed by atoms with Crippen LogP contribution in [0.2, 0.25) is 0 Å². The number of halogens is 1. The topological polar surface area (TPSA) is 93.7 Å². The molecule has 0 fully saturated rings. The van der Waals surface area contributed by atoms with Gasteiger partial charge in [-0.15, -0.1) is 0 Å². The van der Waals surface area contributed by atoms with Gasteiger partial charge >= 0.3 is 0 Å². The number of nitrogens with one attached hydrogen (secondary N) is 2. The Bertz CT molecular complexity index is 963. The van der Waals surface area contributed by atoms with Crippen molar-refractivity contribution in [1.82, 2.24) is 10.0 Å². The SMILES string of the molecule is CC(NC(=O)CCNS(=O)(=O)c1ccc2c(c1)OCCCO2)c1ccc(Br)cc1. The first kappa shape index (κ1) is 21.6. The molecule has 1 amide bonds. The summed E-state index contributed by atoms with van der Waals surface area (Å²) in [6, 6.07) is 12.0. The van der Waals surface area contributed by atoms with E-state index in [2.05, 4.69) is 26.0 Å². The van der Waals surface area contributed by atoms with Gasteiger partial charge in [0.1, 0.15) is 0 Å². The summed E-state index contributed by atoms with van der Waals surface area (Å²) in [6.45, 7) is 2.88. The van der Waals surface area contributed by atoms with Gasteiger partial charge in [-0.2, -0.15) is 0 Å². The highest BCUT2D eigenvalue weighted by Crippen LogP contribution is 2.31. The first-order chi connectivity index (χ1) is 13.8. The van der Waals surface area contributed by atoms with Gasteiger partial charge in [-0.25, -0.2) is 13.1 Å². The fourth-order valence-electron chi connectivity index (χ4n) is 2.84. The lowest BCUT2D eigenvalue weighted by atomic mass is 10.1. The number of ether oxygens (including phenoxy) is 2. The normalized spacial score (nSPS) is 14.7. The van der Waals surface area contributed by atoms with Gasteiger partial charge in [0.25, 0.3) is 0 Å². The van der Waals surface area contributed by atoms with Crippen LogP contribution in [0.25, 0.3) is 0 Å². The van der Waals surface area contributed by atoms with Crippen LogP contribution in [0.5, 0.6) is 11.5 Å². The number of sulfonamides is 1. The molecule has 29 heavy (non-hydrogen) atoms. The average molecular weight is 483 g/mol. The maximum absolute atomic E-state index is 12.5. The smallest absolute Gasteiger partial charge is 0.240 e. The summed E-state index contributed by atoms with van der Waals surface area (Å²) in [4.78, 5) is 12.2. The maximum Gasteiger partial charge on any atom is 0.240 e. The second-order valence-corrected chi connectivity index (χ2v) is 9.33. The van der Waals surface area contributed by atoms with Crippen molar-refractivity contribution in [3.05, 3.63) is 52.5 Å². The summed E-state index contributed by atoms with van der Waals surface area (Å²) in [7, 11) is -3.76. The van der Waals surface area contributed by atoms with E-state index >= 15 is 0 Å². The van der Waals surface area contributed by atoms with Crippen molar-refractivity contribution in [1.29, 1.82) is 0 Å². The summed E-state index contributed by atoms with van der Waals surface area (Å²) in [5.74, 6) is 0.705. The highest BCUT2D eigenvalue weighted by molar-refractivity contribution is 9.10. The quantitative estimate of drug-likeness (QED) is 0.631. The largest absolute Gasteiger partial charge is 0.490 e. The lowest BCUT2D eigenvalue weighted by molar-refractivity contribution is -0.121. The Balaban J connectivity index is 1.53. The highest BCUT2D eigenvalue weighted by Gasteiger charge is 2.19. The van der Waals surface area contributed by atoms with Crippen molar-refractivity contribution in [3.8, 4) is 11.5 Å². The summed E-state index contributed by atoms with van der Waals surface area (Å²) in [6.07, 6.45) is 0.771. The summed E-state index contributed by atoms with van der Waals surface area (Å²) in [5, 5.41) is 2.86. The molecule has 7 nitrogen and oxygen atoms in total. The van der Waals surface area contributed by atoms with Crippen molar-refractivity contribution in [2.24, 2.45) is 0 Å². The first-order valence-electron chi connectivity index (χ1n) is 9.29. The lowest BCUT2D eigenvalue weighted by Gasteiger charge is -2.15. The number of amides is 1. The van der Waals surface area contributed by atoms with E-state index in [9.17, 15) is 13.2 Å². The number of fused-ring (bicyclic) bond motifs is 1. The maximum atomic E-state index is 12.5. The van der Waals surface area contributed by atoms with Crippen LogP contribution in [0.1, 0.15) is 31.4 Å². The minimum atomic E-state index is -3.76. The zero-order chi connectivity index (χ0) is 20.9. The fourth-order valence-corrected chi connectivity index (χ4v) is 4.15. The zero-order valence-corrected chi connectivity index (χ0v) is 18.4. The number of hydrogen-bond donors (Lipinski definition) is 2. The van der Waals surface area contributed by atoms with Gasteiger partial charge in [0.2, 0.25) is 15.9 Å². The molecular weight excluding hydrogens is 460 g/mol. The molecule has 1 atom stereocenters. The van der Waals surface area contributed by atoms with Gasteiger partial charge < -0.3 is 14.8 Å². The van der Waals surface area contributed by atoms with E-state index < -0.39 is 10.0 Å². The van der Waals surface area contributed by atoms with Crippen LogP contribution in [-0.2, 0) is 14.8 Å². The van der Waals surface area contributed by atoms with E-state index in [0.29, 0.717) is 24.7 Å². The van der Waals surface area contributed by atoms with Crippen LogP contribution in [0.3, 0.4) is 0 Å². The summed E-state index contributed by atoms with van der Waals surface area (Å²) in [5.41, 5.74) is 0.967. The number of hydrogen-bond acceptors (Lipinski definition) is 5. The molecule has 0 bridgehead atoms. The molecule has 1 heterocycles. The van der Waals surface area contributed by atoms with Gasteiger partial charge in [-0.05, 0) is 36.8 Å². The molecule has 1 aliphatic rings. The van der Waals surface area contributed by atoms with Crippen molar-refractivity contribution in [2.75, 3.05) is 19.8 Å². The van der Waals surface area contributed by atoms with Crippen LogP contribution >= 0.6 is 15.9 Å². The molecule has 1 aliphatic heterocycles. The molecule has 0 radical (unpaired) electrons. The number of carbonyl (C=O) groups is 1. The molecule has 0 aromatic heterocycles. The number of rotatable bonds is 7. The third-order valence-corrected chi connectivity index (χ3v) is 6.41. The molecule has 3 rings (SSSR count). The minimum absolute atomic E-state index is 0.00430. The lowest BCUT2D eigenvalue weighted by Crippen LogP contribution is -2.32. The Morgan fingerprint density at radius 1 is 1.10 bits per heavy atom. The second-order valence-electron chi connectivity index (χ2n) is 6.65.